The van der Waals surface area contributed by atoms with Gasteiger partial charge in [-0.3, -0.25) is 4.90 Å². The number of thiophene rings is 1. The fourth-order valence-electron chi connectivity index (χ4n) is 0.883. The normalized spacial score (nSPS) is 13.9. The first-order valence-electron chi connectivity index (χ1n) is 3.51. The lowest BCUT2D eigenvalue weighted by molar-refractivity contribution is 0.397. The molecule has 1 unspecified atom stereocenters. The molecule has 1 aromatic heterocycles. The zero-order chi connectivity index (χ0) is 8.43. The molecule has 0 aliphatic rings. The van der Waals surface area contributed by atoms with Crippen molar-refractivity contribution in [1.82, 2.24) is 4.90 Å². The van der Waals surface area contributed by atoms with Gasteiger partial charge in [0.25, 0.3) is 0 Å². The average Bonchev–Trinajstić information content (AvgIpc) is 2.33. The molecule has 1 heterocycles. The van der Waals surface area contributed by atoms with Crippen molar-refractivity contribution < 1.29 is 0 Å². The molecule has 62 valence electrons. The fourth-order valence-corrected chi connectivity index (χ4v) is 2.27. The smallest absolute Gasteiger partial charge is 0.0876 e. The predicted octanol–water partition coefficient (Wildman–Crippen LogP) is 2.55. The van der Waals surface area contributed by atoms with E-state index in [0.717, 1.165) is 0 Å². The molecule has 11 heavy (non-hydrogen) atoms. The second-order valence-electron chi connectivity index (χ2n) is 2.81. The van der Waals surface area contributed by atoms with Crippen LogP contribution in [0.5, 0.6) is 0 Å². The van der Waals surface area contributed by atoms with Crippen LogP contribution in [0.2, 0.25) is 0 Å². The molecule has 0 aliphatic carbocycles. The second kappa shape index (κ2) is 3.61. The first-order chi connectivity index (χ1) is 5.13. The summed E-state index contributed by atoms with van der Waals surface area (Å²) in [5.74, 6) is 0. The van der Waals surface area contributed by atoms with E-state index in [0.29, 0.717) is 0 Å². The summed E-state index contributed by atoms with van der Waals surface area (Å²) >= 11 is 6.25. The van der Waals surface area contributed by atoms with E-state index in [2.05, 4.69) is 35.9 Å². The van der Waals surface area contributed by atoms with Gasteiger partial charge < -0.3 is 0 Å². The lowest BCUT2D eigenvalue weighted by Crippen LogP contribution is -2.14. The highest BCUT2D eigenvalue weighted by Gasteiger charge is 2.11. The van der Waals surface area contributed by atoms with Gasteiger partial charge in [0, 0.05) is 4.88 Å². The zero-order valence-electron chi connectivity index (χ0n) is 7.03. The Labute approximate surface area is 77.4 Å². The summed E-state index contributed by atoms with van der Waals surface area (Å²) in [6.45, 7) is 2.12. The van der Waals surface area contributed by atoms with Gasteiger partial charge in [0.1, 0.15) is 0 Å². The minimum absolute atomic E-state index is 0.245. The Kier molecular flexibility index (Phi) is 2.98. The molecule has 0 N–H and O–H groups in total. The minimum Gasteiger partial charge on any atom is -0.293 e. The number of hydrogen-bond donors (Lipinski definition) is 1. The molecular weight excluding hydrogens is 174 g/mol. The molecule has 1 atom stereocenters. The predicted molar refractivity (Wildman–Crippen MR) is 54.5 cm³/mol. The van der Waals surface area contributed by atoms with E-state index in [1.165, 1.54) is 10.4 Å². The van der Waals surface area contributed by atoms with Crippen LogP contribution in [0.25, 0.3) is 0 Å². The van der Waals surface area contributed by atoms with Crippen molar-refractivity contribution >= 4 is 24.0 Å². The maximum atomic E-state index is 4.49. The molecule has 0 spiro atoms. The molecule has 0 aromatic carbocycles. The lowest BCUT2D eigenvalue weighted by Gasteiger charge is -2.17. The molecule has 0 radical (unpaired) electrons. The third kappa shape index (κ3) is 1.98. The molecule has 0 saturated heterocycles. The van der Waals surface area contributed by atoms with Crippen LogP contribution in [0, 0.1) is 6.92 Å². The third-order valence-electron chi connectivity index (χ3n) is 1.63. The molecule has 0 aliphatic heterocycles. The second-order valence-corrected chi connectivity index (χ2v) is 4.24. The van der Waals surface area contributed by atoms with Crippen molar-refractivity contribution in [2.75, 3.05) is 14.1 Å². The first kappa shape index (κ1) is 9.10. The van der Waals surface area contributed by atoms with E-state index in [4.69, 9.17) is 0 Å². The van der Waals surface area contributed by atoms with Crippen LogP contribution in [0.15, 0.2) is 11.4 Å². The third-order valence-corrected chi connectivity index (χ3v) is 3.59. The molecule has 0 fully saturated rings. The Balaban J connectivity index is 2.84. The van der Waals surface area contributed by atoms with E-state index in [1.807, 2.05) is 14.1 Å². The van der Waals surface area contributed by atoms with Crippen LogP contribution in [0.1, 0.15) is 15.8 Å². The summed E-state index contributed by atoms with van der Waals surface area (Å²) in [6.07, 6.45) is 0. The van der Waals surface area contributed by atoms with E-state index in [1.54, 1.807) is 11.3 Å². The van der Waals surface area contributed by atoms with Gasteiger partial charge in [0.2, 0.25) is 0 Å². The van der Waals surface area contributed by atoms with Gasteiger partial charge in [-0.25, -0.2) is 0 Å². The van der Waals surface area contributed by atoms with Crippen LogP contribution in [0.4, 0.5) is 0 Å². The summed E-state index contributed by atoms with van der Waals surface area (Å²) in [5.41, 5.74) is 1.34. The average molecular weight is 187 g/mol. The number of nitrogens with zero attached hydrogens (tertiary/aromatic N) is 1. The quantitative estimate of drug-likeness (QED) is 0.550. The summed E-state index contributed by atoms with van der Waals surface area (Å²) in [7, 11) is 4.08. The zero-order valence-corrected chi connectivity index (χ0v) is 8.75. The first-order valence-corrected chi connectivity index (χ1v) is 4.91. The molecule has 1 nitrogen and oxygen atoms in total. The summed E-state index contributed by atoms with van der Waals surface area (Å²) in [5, 5.41) is 2.35. The van der Waals surface area contributed by atoms with Crippen molar-refractivity contribution in [1.29, 1.82) is 0 Å². The van der Waals surface area contributed by atoms with Gasteiger partial charge in [-0.1, -0.05) is 0 Å². The maximum Gasteiger partial charge on any atom is 0.0876 e. The van der Waals surface area contributed by atoms with Crippen LogP contribution in [0.3, 0.4) is 0 Å². The van der Waals surface area contributed by atoms with E-state index in [9.17, 15) is 0 Å². The molecule has 0 bridgehead atoms. The molecule has 0 amide bonds. The van der Waals surface area contributed by atoms with Crippen LogP contribution < -0.4 is 0 Å². The SMILES string of the molecule is Cc1ccsc1C(S)N(C)C. The van der Waals surface area contributed by atoms with Crippen molar-refractivity contribution in [2.45, 2.75) is 12.3 Å². The number of hydrogen-bond acceptors (Lipinski definition) is 3. The van der Waals surface area contributed by atoms with Crippen LogP contribution in [-0.2, 0) is 0 Å². The highest BCUT2D eigenvalue weighted by atomic mass is 32.1. The van der Waals surface area contributed by atoms with Crippen molar-refractivity contribution in [3.63, 3.8) is 0 Å². The summed E-state index contributed by atoms with van der Waals surface area (Å²) < 4.78 is 0. The Morgan fingerprint density at radius 3 is 2.55 bits per heavy atom. The summed E-state index contributed by atoms with van der Waals surface area (Å²) in [4.78, 5) is 3.44. The number of aryl methyl sites for hydroxylation is 1. The Morgan fingerprint density at radius 1 is 1.55 bits per heavy atom. The van der Waals surface area contributed by atoms with Gasteiger partial charge in [-0.15, -0.1) is 11.3 Å². The monoisotopic (exact) mass is 187 g/mol. The van der Waals surface area contributed by atoms with Crippen molar-refractivity contribution in [3.05, 3.63) is 21.9 Å². The van der Waals surface area contributed by atoms with Gasteiger partial charge in [-0.2, -0.15) is 12.6 Å². The van der Waals surface area contributed by atoms with Crippen molar-refractivity contribution in [2.24, 2.45) is 0 Å². The van der Waals surface area contributed by atoms with Gasteiger partial charge in [-0.05, 0) is 38.0 Å². The Hall–Kier alpha value is 0.01000. The fraction of sp³-hybridized carbons (Fsp3) is 0.500. The molecule has 1 rings (SSSR count). The number of rotatable bonds is 2. The topological polar surface area (TPSA) is 3.24 Å². The highest BCUT2D eigenvalue weighted by molar-refractivity contribution is 7.80. The van der Waals surface area contributed by atoms with Crippen LogP contribution >= 0.6 is 24.0 Å². The van der Waals surface area contributed by atoms with Gasteiger partial charge in [0.05, 0.1) is 5.37 Å². The standard InChI is InChI=1S/C8H13NS2/c1-6-4-5-11-7(6)8(10)9(2)3/h4-5,8,10H,1-3H3. The van der Waals surface area contributed by atoms with Crippen LogP contribution in [-0.4, -0.2) is 19.0 Å². The molecular formula is C8H13NS2. The van der Waals surface area contributed by atoms with E-state index < -0.39 is 0 Å². The molecule has 0 saturated carbocycles. The number of thiol groups is 1. The lowest BCUT2D eigenvalue weighted by atomic mass is 10.3. The maximum absolute atomic E-state index is 4.49. The van der Waals surface area contributed by atoms with Gasteiger partial charge in [0.15, 0.2) is 0 Å². The molecule has 1 aromatic rings. The summed E-state index contributed by atoms with van der Waals surface area (Å²) in [6, 6.07) is 2.13. The Morgan fingerprint density at radius 2 is 2.18 bits per heavy atom. The molecule has 3 heteroatoms. The van der Waals surface area contributed by atoms with E-state index >= 15 is 0 Å². The minimum atomic E-state index is 0.245. The van der Waals surface area contributed by atoms with E-state index in [-0.39, 0.29) is 5.37 Å². The highest BCUT2D eigenvalue weighted by Crippen LogP contribution is 2.29. The largest absolute Gasteiger partial charge is 0.293 e. The Bertz CT molecular complexity index is 230. The van der Waals surface area contributed by atoms with Crippen molar-refractivity contribution in [3.8, 4) is 0 Å². The van der Waals surface area contributed by atoms with Gasteiger partial charge >= 0.3 is 0 Å².